The van der Waals surface area contributed by atoms with Crippen LogP contribution in [-0.4, -0.2) is 58.8 Å². The maximum atomic E-state index is 15.1. The molecule has 0 bridgehead atoms. The first-order chi connectivity index (χ1) is 15.6. The van der Waals surface area contributed by atoms with E-state index in [1.807, 2.05) is 14.1 Å². The van der Waals surface area contributed by atoms with Crippen LogP contribution >= 0.6 is 0 Å². The number of aromatic carboxylic acids is 1. The molecule has 2 unspecified atom stereocenters. The summed E-state index contributed by atoms with van der Waals surface area (Å²) in [5.74, 6) is -3.87. The van der Waals surface area contributed by atoms with E-state index in [1.165, 1.54) is 0 Å². The molecule has 4 rings (SSSR count). The highest BCUT2D eigenvalue weighted by Gasteiger charge is 2.31. The average Bonchev–Trinajstić information content (AvgIpc) is 3.23. The van der Waals surface area contributed by atoms with Crippen LogP contribution in [0.25, 0.3) is 16.7 Å². The third kappa shape index (κ3) is 4.06. The quantitative estimate of drug-likeness (QED) is 0.630. The average molecular weight is 460 g/mol. The molecule has 1 aromatic carbocycles. The van der Waals surface area contributed by atoms with Crippen molar-refractivity contribution in [2.24, 2.45) is 5.92 Å². The lowest BCUT2D eigenvalue weighted by Crippen LogP contribution is -2.34. The van der Waals surface area contributed by atoms with Crippen molar-refractivity contribution < 1.29 is 23.1 Å². The summed E-state index contributed by atoms with van der Waals surface area (Å²) in [4.78, 5) is 32.5. The number of carboxylic acid groups (broad SMARTS) is 1. The summed E-state index contributed by atoms with van der Waals surface area (Å²) in [6.07, 6.45) is 1.74. The number of hydrogen-bond acceptors (Lipinski definition) is 5. The Morgan fingerprint density at radius 1 is 1.21 bits per heavy atom. The van der Waals surface area contributed by atoms with Crippen LogP contribution in [0.3, 0.4) is 0 Å². The van der Waals surface area contributed by atoms with E-state index in [1.54, 1.807) is 4.90 Å². The first-order valence-electron chi connectivity index (χ1n) is 10.4. The molecule has 0 saturated carbocycles. The summed E-state index contributed by atoms with van der Waals surface area (Å²) in [6, 6.07) is 3.93. The second-order valence-electron chi connectivity index (χ2n) is 8.51. The molecule has 7 nitrogen and oxygen atoms in total. The Bertz CT molecular complexity index is 1310. The Morgan fingerprint density at radius 3 is 2.58 bits per heavy atom. The highest BCUT2D eigenvalue weighted by molar-refractivity contribution is 5.92. The van der Waals surface area contributed by atoms with Gasteiger partial charge in [-0.05, 0) is 51.6 Å². The van der Waals surface area contributed by atoms with Crippen molar-refractivity contribution >= 4 is 22.8 Å². The normalized spacial score (nSPS) is 17.2. The molecule has 2 aromatic heterocycles. The summed E-state index contributed by atoms with van der Waals surface area (Å²) in [5.41, 5.74) is -1.94. The van der Waals surface area contributed by atoms with Crippen LogP contribution in [0.15, 0.2) is 35.3 Å². The van der Waals surface area contributed by atoms with Gasteiger partial charge in [0.2, 0.25) is 5.43 Å². The Hall–Kier alpha value is -3.40. The molecule has 33 heavy (non-hydrogen) atoms. The van der Waals surface area contributed by atoms with Crippen LogP contribution in [0.1, 0.15) is 23.7 Å². The van der Waals surface area contributed by atoms with Gasteiger partial charge in [-0.1, -0.05) is 0 Å². The molecule has 1 aliphatic heterocycles. The maximum Gasteiger partial charge on any atom is 0.341 e. The standard InChI is InChI=1S/C23H23F3N4O3/c1-12(28(2)3)13-6-7-29(10-13)22-18(26)9-15-20(31)16(23(32)33)11-30(21(15)27-22)19-5-4-14(24)8-17(19)25/h4-5,8-9,11-13H,6-7,10H2,1-3H3,(H,32,33). The second-order valence-corrected chi connectivity index (χ2v) is 8.51. The number of rotatable bonds is 5. The largest absolute Gasteiger partial charge is 0.477 e. The third-order valence-corrected chi connectivity index (χ3v) is 6.33. The summed E-state index contributed by atoms with van der Waals surface area (Å²) in [5, 5.41) is 9.13. The number of carboxylic acids is 1. The summed E-state index contributed by atoms with van der Waals surface area (Å²) in [6.45, 7) is 3.17. The van der Waals surface area contributed by atoms with E-state index in [9.17, 15) is 23.5 Å². The fraction of sp³-hybridized carbons (Fsp3) is 0.348. The first kappa shape index (κ1) is 22.8. The zero-order valence-electron chi connectivity index (χ0n) is 18.3. The molecular formula is C23H23F3N4O3. The third-order valence-electron chi connectivity index (χ3n) is 6.33. The number of benzene rings is 1. The lowest BCUT2D eigenvalue weighted by molar-refractivity contribution is 0.0695. The van der Waals surface area contributed by atoms with Gasteiger partial charge in [-0.3, -0.25) is 9.36 Å². The minimum absolute atomic E-state index is 0.00491. The van der Waals surface area contributed by atoms with Crippen molar-refractivity contribution in [3.05, 3.63) is 63.7 Å². The number of anilines is 1. The molecule has 1 N–H and O–H groups in total. The minimum atomic E-state index is -1.55. The molecule has 0 radical (unpaired) electrons. The number of nitrogens with zero attached hydrogens (tertiary/aromatic N) is 4. The Labute approximate surface area is 187 Å². The molecule has 3 heterocycles. The van der Waals surface area contributed by atoms with E-state index in [2.05, 4.69) is 16.8 Å². The predicted molar refractivity (Wildman–Crippen MR) is 118 cm³/mol. The molecule has 3 aromatic rings. The van der Waals surface area contributed by atoms with Gasteiger partial charge in [-0.2, -0.15) is 0 Å². The monoisotopic (exact) mass is 460 g/mol. The zero-order chi connectivity index (χ0) is 24.0. The first-order valence-corrected chi connectivity index (χ1v) is 10.4. The van der Waals surface area contributed by atoms with Crippen molar-refractivity contribution in [3.8, 4) is 5.69 Å². The zero-order valence-corrected chi connectivity index (χ0v) is 18.3. The second kappa shape index (κ2) is 8.51. The van der Waals surface area contributed by atoms with Crippen LogP contribution in [0.2, 0.25) is 0 Å². The predicted octanol–water partition coefficient (Wildman–Crippen LogP) is 3.28. The van der Waals surface area contributed by atoms with Crippen molar-refractivity contribution in [2.75, 3.05) is 32.1 Å². The van der Waals surface area contributed by atoms with Crippen LogP contribution < -0.4 is 10.3 Å². The lowest BCUT2D eigenvalue weighted by Gasteiger charge is -2.26. The van der Waals surface area contributed by atoms with Gasteiger partial charge in [0.1, 0.15) is 17.2 Å². The van der Waals surface area contributed by atoms with Gasteiger partial charge in [0.25, 0.3) is 0 Å². The lowest BCUT2D eigenvalue weighted by atomic mass is 10.00. The Kier molecular flexibility index (Phi) is 5.87. The summed E-state index contributed by atoms with van der Waals surface area (Å²) in [7, 11) is 3.94. The van der Waals surface area contributed by atoms with Crippen molar-refractivity contribution in [1.82, 2.24) is 14.5 Å². The number of fused-ring (bicyclic) bond motifs is 1. The van der Waals surface area contributed by atoms with Crippen molar-refractivity contribution in [3.63, 3.8) is 0 Å². The van der Waals surface area contributed by atoms with E-state index < -0.39 is 34.4 Å². The number of pyridine rings is 2. The Morgan fingerprint density at radius 2 is 1.94 bits per heavy atom. The molecule has 1 fully saturated rings. The van der Waals surface area contributed by atoms with Crippen LogP contribution in [0.5, 0.6) is 0 Å². The van der Waals surface area contributed by atoms with Gasteiger partial charge >= 0.3 is 5.97 Å². The molecule has 10 heteroatoms. The van der Waals surface area contributed by atoms with Crippen LogP contribution in [0.4, 0.5) is 19.0 Å². The van der Waals surface area contributed by atoms with Gasteiger partial charge < -0.3 is 14.9 Å². The van der Waals surface area contributed by atoms with E-state index in [0.717, 1.165) is 35.4 Å². The molecule has 2 atom stereocenters. The minimum Gasteiger partial charge on any atom is -0.477 e. The molecule has 0 amide bonds. The highest BCUT2D eigenvalue weighted by Crippen LogP contribution is 2.30. The van der Waals surface area contributed by atoms with Crippen LogP contribution in [-0.2, 0) is 0 Å². The van der Waals surface area contributed by atoms with Gasteiger partial charge in [-0.25, -0.2) is 22.9 Å². The molecule has 0 aliphatic carbocycles. The smallest absolute Gasteiger partial charge is 0.341 e. The highest BCUT2D eigenvalue weighted by atomic mass is 19.1. The van der Waals surface area contributed by atoms with E-state index in [0.29, 0.717) is 19.2 Å². The maximum absolute atomic E-state index is 15.1. The molecule has 1 aliphatic rings. The summed E-state index contributed by atoms with van der Waals surface area (Å²) < 4.78 is 44.2. The molecule has 174 valence electrons. The summed E-state index contributed by atoms with van der Waals surface area (Å²) >= 11 is 0. The van der Waals surface area contributed by atoms with E-state index in [-0.39, 0.29) is 34.5 Å². The SMILES string of the molecule is CC(C1CCN(c2nc3c(cc2F)c(=O)c(C(=O)O)cn3-c2ccc(F)cc2F)C1)N(C)C. The van der Waals surface area contributed by atoms with Crippen LogP contribution in [0, 0.1) is 23.4 Å². The van der Waals surface area contributed by atoms with Crippen molar-refractivity contribution in [2.45, 2.75) is 19.4 Å². The number of carbonyl (C=O) groups is 1. The Balaban J connectivity index is 1.91. The fourth-order valence-electron chi connectivity index (χ4n) is 4.24. The van der Waals surface area contributed by atoms with E-state index in [4.69, 9.17) is 0 Å². The molecule has 1 saturated heterocycles. The van der Waals surface area contributed by atoms with Gasteiger partial charge in [0.05, 0.1) is 11.1 Å². The molecule has 0 spiro atoms. The number of hydrogen-bond donors (Lipinski definition) is 1. The topological polar surface area (TPSA) is 78.7 Å². The number of halogens is 3. The molecular weight excluding hydrogens is 437 g/mol. The van der Waals surface area contributed by atoms with Gasteiger partial charge in [0.15, 0.2) is 17.3 Å². The van der Waals surface area contributed by atoms with Gasteiger partial charge in [0, 0.05) is 31.4 Å². The van der Waals surface area contributed by atoms with Crippen molar-refractivity contribution in [1.29, 1.82) is 0 Å². The van der Waals surface area contributed by atoms with E-state index >= 15 is 4.39 Å². The number of aromatic nitrogens is 2. The van der Waals surface area contributed by atoms with Gasteiger partial charge in [-0.15, -0.1) is 0 Å². The fourth-order valence-corrected chi connectivity index (χ4v) is 4.24.